The minimum atomic E-state index is -0.0801. The molecule has 7 nitrogen and oxygen atoms in total. The van der Waals surface area contributed by atoms with E-state index >= 15 is 0 Å². The molecule has 1 aliphatic heterocycles. The quantitative estimate of drug-likeness (QED) is 0.834. The van der Waals surface area contributed by atoms with Crippen LogP contribution in [0.1, 0.15) is 27.4 Å². The van der Waals surface area contributed by atoms with Crippen LogP contribution in [0, 0.1) is 13.8 Å². The first-order valence-electron chi connectivity index (χ1n) is 8.62. The molecule has 0 N–H and O–H groups in total. The fourth-order valence-electron chi connectivity index (χ4n) is 3.14. The Kier molecular flexibility index (Phi) is 5.25. The summed E-state index contributed by atoms with van der Waals surface area (Å²) in [5.41, 5.74) is 2.08. The third kappa shape index (κ3) is 3.71. The molecular weight excluding hydrogens is 334 g/mol. The smallest absolute Gasteiger partial charge is 0.259 e. The van der Waals surface area contributed by atoms with Crippen LogP contribution >= 0.6 is 0 Å². The first-order chi connectivity index (χ1) is 12.5. The van der Waals surface area contributed by atoms with Gasteiger partial charge in [-0.25, -0.2) is 0 Å². The molecular formula is C19H23N3O4. The van der Waals surface area contributed by atoms with E-state index in [1.165, 1.54) is 0 Å². The number of carbonyl (C=O) groups excluding carboxylic acids is 2. The number of carbonyl (C=O) groups is 2. The monoisotopic (exact) mass is 357 g/mol. The topological polar surface area (TPSA) is 75.9 Å². The van der Waals surface area contributed by atoms with Crippen LogP contribution in [0.4, 0.5) is 0 Å². The summed E-state index contributed by atoms with van der Waals surface area (Å²) in [5, 5.41) is 3.84. The number of nitrogens with zero attached hydrogens (tertiary/aromatic N) is 3. The van der Waals surface area contributed by atoms with Crippen molar-refractivity contribution in [3.05, 3.63) is 46.8 Å². The van der Waals surface area contributed by atoms with Gasteiger partial charge in [-0.2, -0.15) is 0 Å². The fraction of sp³-hybridized carbons (Fsp3) is 0.421. The number of hydrogen-bond acceptors (Lipinski definition) is 5. The molecule has 0 aliphatic carbocycles. The van der Waals surface area contributed by atoms with Gasteiger partial charge in [-0.15, -0.1) is 0 Å². The maximum Gasteiger partial charge on any atom is 0.259 e. The second kappa shape index (κ2) is 7.59. The number of aromatic nitrogens is 1. The van der Waals surface area contributed by atoms with E-state index in [1.807, 2.05) is 24.3 Å². The number of ether oxygens (including phenoxy) is 1. The van der Waals surface area contributed by atoms with Crippen LogP contribution < -0.4 is 4.74 Å². The van der Waals surface area contributed by atoms with Crippen molar-refractivity contribution in [2.75, 3.05) is 33.3 Å². The number of hydrogen-bond donors (Lipinski definition) is 0. The molecule has 0 radical (unpaired) electrons. The highest BCUT2D eigenvalue weighted by Crippen LogP contribution is 2.17. The highest BCUT2D eigenvalue weighted by molar-refractivity contribution is 5.96. The Bertz CT molecular complexity index is 770. The summed E-state index contributed by atoms with van der Waals surface area (Å²) >= 11 is 0. The Balaban J connectivity index is 1.56. The van der Waals surface area contributed by atoms with E-state index in [9.17, 15) is 9.59 Å². The summed E-state index contributed by atoms with van der Waals surface area (Å²) in [7, 11) is 1.61. The Hall–Kier alpha value is -2.83. The number of rotatable bonds is 4. The van der Waals surface area contributed by atoms with E-state index in [-0.39, 0.29) is 11.8 Å². The molecule has 0 saturated carbocycles. The lowest BCUT2D eigenvalue weighted by molar-refractivity contribution is -0.131. The third-order valence-electron chi connectivity index (χ3n) is 4.68. The lowest BCUT2D eigenvalue weighted by Gasteiger charge is -2.34. The molecule has 0 bridgehead atoms. The number of methoxy groups -OCH3 is 1. The first kappa shape index (κ1) is 18.0. The van der Waals surface area contributed by atoms with Gasteiger partial charge in [-0.1, -0.05) is 17.3 Å². The second-order valence-electron chi connectivity index (χ2n) is 6.40. The Labute approximate surface area is 152 Å². The van der Waals surface area contributed by atoms with Gasteiger partial charge in [0.15, 0.2) is 0 Å². The number of benzene rings is 1. The summed E-state index contributed by atoms with van der Waals surface area (Å²) in [6, 6.07) is 7.49. The summed E-state index contributed by atoms with van der Waals surface area (Å²) in [6.45, 7) is 5.59. The molecule has 26 heavy (non-hydrogen) atoms. The SMILES string of the molecule is COc1ccc(CC(=O)N2CCN(C(=O)c3c(C)noc3C)CC2)cc1. The van der Waals surface area contributed by atoms with Crippen molar-refractivity contribution < 1.29 is 18.8 Å². The Morgan fingerprint density at radius 2 is 1.69 bits per heavy atom. The predicted molar refractivity (Wildman–Crippen MR) is 95.2 cm³/mol. The van der Waals surface area contributed by atoms with Gasteiger partial charge >= 0.3 is 0 Å². The van der Waals surface area contributed by atoms with Crippen molar-refractivity contribution in [2.45, 2.75) is 20.3 Å². The largest absolute Gasteiger partial charge is 0.497 e. The maximum atomic E-state index is 12.6. The minimum Gasteiger partial charge on any atom is -0.497 e. The maximum absolute atomic E-state index is 12.6. The average molecular weight is 357 g/mol. The van der Waals surface area contributed by atoms with E-state index in [2.05, 4.69) is 5.16 Å². The van der Waals surface area contributed by atoms with Gasteiger partial charge in [-0.05, 0) is 31.5 Å². The zero-order valence-corrected chi connectivity index (χ0v) is 15.3. The van der Waals surface area contributed by atoms with Crippen molar-refractivity contribution in [1.29, 1.82) is 0 Å². The van der Waals surface area contributed by atoms with Crippen LogP contribution in [0.3, 0.4) is 0 Å². The van der Waals surface area contributed by atoms with E-state index in [4.69, 9.17) is 9.26 Å². The number of amides is 2. The fourth-order valence-corrected chi connectivity index (χ4v) is 3.14. The Morgan fingerprint density at radius 1 is 1.08 bits per heavy atom. The van der Waals surface area contributed by atoms with Crippen LogP contribution in [0.25, 0.3) is 0 Å². The molecule has 2 heterocycles. The van der Waals surface area contributed by atoms with Crippen molar-refractivity contribution in [3.63, 3.8) is 0 Å². The second-order valence-corrected chi connectivity index (χ2v) is 6.40. The van der Waals surface area contributed by atoms with E-state index in [1.54, 1.807) is 30.8 Å². The van der Waals surface area contributed by atoms with Gasteiger partial charge in [0.1, 0.15) is 17.1 Å². The zero-order chi connectivity index (χ0) is 18.7. The van der Waals surface area contributed by atoms with E-state index in [0.717, 1.165) is 11.3 Å². The highest BCUT2D eigenvalue weighted by atomic mass is 16.5. The van der Waals surface area contributed by atoms with E-state index in [0.29, 0.717) is 49.6 Å². The molecule has 1 fully saturated rings. The molecule has 1 aliphatic rings. The third-order valence-corrected chi connectivity index (χ3v) is 4.68. The lowest BCUT2D eigenvalue weighted by atomic mass is 10.1. The molecule has 7 heteroatoms. The average Bonchev–Trinajstić information content (AvgIpc) is 3.00. The van der Waals surface area contributed by atoms with Gasteiger partial charge in [-0.3, -0.25) is 9.59 Å². The summed E-state index contributed by atoms with van der Waals surface area (Å²) < 4.78 is 10.2. The number of aryl methyl sites for hydroxylation is 2. The van der Waals surface area contributed by atoms with Crippen LogP contribution in [-0.4, -0.2) is 60.1 Å². The molecule has 138 valence electrons. The molecule has 1 saturated heterocycles. The predicted octanol–water partition coefficient (Wildman–Crippen LogP) is 1.83. The van der Waals surface area contributed by atoms with Gasteiger partial charge < -0.3 is 19.1 Å². The van der Waals surface area contributed by atoms with Gasteiger partial charge in [0.05, 0.1) is 19.2 Å². The normalized spacial score (nSPS) is 14.4. The van der Waals surface area contributed by atoms with E-state index < -0.39 is 0 Å². The molecule has 0 spiro atoms. The minimum absolute atomic E-state index is 0.0691. The van der Waals surface area contributed by atoms with Gasteiger partial charge in [0.25, 0.3) is 5.91 Å². The highest BCUT2D eigenvalue weighted by Gasteiger charge is 2.28. The van der Waals surface area contributed by atoms with Crippen molar-refractivity contribution in [3.8, 4) is 5.75 Å². The molecule has 3 rings (SSSR count). The number of piperazine rings is 1. The molecule has 1 aromatic carbocycles. The van der Waals surface area contributed by atoms with Crippen molar-refractivity contribution in [2.24, 2.45) is 0 Å². The molecule has 2 amide bonds. The standard InChI is InChI=1S/C19H23N3O4/c1-13-18(14(2)26-20-13)19(24)22-10-8-21(9-11-22)17(23)12-15-4-6-16(25-3)7-5-15/h4-7H,8-12H2,1-3H3. The molecule has 2 aromatic rings. The van der Waals surface area contributed by atoms with Crippen molar-refractivity contribution in [1.82, 2.24) is 15.0 Å². The van der Waals surface area contributed by atoms with Crippen LogP contribution in [0.2, 0.25) is 0 Å². The van der Waals surface area contributed by atoms with Crippen LogP contribution in [0.5, 0.6) is 5.75 Å². The van der Waals surface area contributed by atoms with Gasteiger partial charge in [0, 0.05) is 26.2 Å². The summed E-state index contributed by atoms with van der Waals surface area (Å²) in [6.07, 6.45) is 0.349. The van der Waals surface area contributed by atoms with Crippen LogP contribution in [0.15, 0.2) is 28.8 Å². The molecule has 1 aromatic heterocycles. The van der Waals surface area contributed by atoms with Crippen LogP contribution in [-0.2, 0) is 11.2 Å². The molecule has 0 atom stereocenters. The molecule has 0 unspecified atom stereocenters. The summed E-state index contributed by atoms with van der Waals surface area (Å²) in [5.74, 6) is 1.29. The first-order valence-corrected chi connectivity index (χ1v) is 8.62. The summed E-state index contributed by atoms with van der Waals surface area (Å²) in [4.78, 5) is 28.7. The van der Waals surface area contributed by atoms with Gasteiger partial charge in [0.2, 0.25) is 5.91 Å². The lowest BCUT2D eigenvalue weighted by Crippen LogP contribution is -2.51. The zero-order valence-electron chi connectivity index (χ0n) is 15.3. The Morgan fingerprint density at radius 3 is 2.23 bits per heavy atom. The van der Waals surface area contributed by atoms with Crippen molar-refractivity contribution >= 4 is 11.8 Å².